The fourth-order valence-electron chi connectivity index (χ4n) is 3.44. The van der Waals surface area contributed by atoms with E-state index in [1.807, 2.05) is 39.2 Å². The molecule has 3 amide bonds. The topological polar surface area (TPSA) is 73.5 Å². The smallest absolute Gasteiger partial charge is 0.315 e. The normalized spacial score (nSPS) is 17.1. The molecule has 3 N–H and O–H groups in total. The van der Waals surface area contributed by atoms with Gasteiger partial charge in [-0.25, -0.2) is 4.79 Å². The molecule has 6 nitrogen and oxygen atoms in total. The molecular weight excluding hydrogens is 316 g/mol. The van der Waals surface area contributed by atoms with Crippen LogP contribution in [-0.4, -0.2) is 49.6 Å². The number of hydrogen-bond donors (Lipinski definition) is 3. The standard InChI is InChI=1S/C19H30N4O2/c1-4-20-18(25)22-19(12-8-9-13-19)17(24)21-14-16(23(2)3)15-10-6-5-7-11-15/h5-7,10-11,16H,4,8-9,12-14H2,1-3H3,(H,21,24)(H2,20,22,25)/t16-/m1/s1. The number of hydrogen-bond acceptors (Lipinski definition) is 3. The fourth-order valence-corrected chi connectivity index (χ4v) is 3.44. The largest absolute Gasteiger partial charge is 0.352 e. The van der Waals surface area contributed by atoms with Crippen LogP contribution in [0.3, 0.4) is 0 Å². The first kappa shape index (κ1) is 19.2. The Kier molecular flexibility index (Phi) is 6.82. The summed E-state index contributed by atoms with van der Waals surface area (Å²) in [5.41, 5.74) is 0.372. The Balaban J connectivity index is 2.03. The summed E-state index contributed by atoms with van der Waals surface area (Å²) in [6.45, 7) is 2.91. The van der Waals surface area contributed by atoms with Crippen molar-refractivity contribution in [2.45, 2.75) is 44.2 Å². The van der Waals surface area contributed by atoms with Gasteiger partial charge >= 0.3 is 6.03 Å². The maximum atomic E-state index is 12.9. The van der Waals surface area contributed by atoms with Gasteiger partial charge in [-0.05, 0) is 39.4 Å². The molecule has 1 aliphatic rings. The maximum absolute atomic E-state index is 12.9. The molecular formula is C19H30N4O2. The van der Waals surface area contributed by atoms with E-state index in [1.54, 1.807) is 0 Å². The summed E-state index contributed by atoms with van der Waals surface area (Å²) in [5.74, 6) is -0.0842. The monoisotopic (exact) mass is 346 g/mol. The third-order valence-corrected chi connectivity index (χ3v) is 4.85. The maximum Gasteiger partial charge on any atom is 0.315 e. The molecule has 0 unspecified atom stereocenters. The summed E-state index contributed by atoms with van der Waals surface area (Å²) in [6, 6.07) is 9.94. The molecule has 1 atom stereocenters. The molecule has 1 fully saturated rings. The molecule has 0 aliphatic heterocycles. The first-order chi connectivity index (χ1) is 12.0. The van der Waals surface area contributed by atoms with Crippen molar-refractivity contribution in [1.29, 1.82) is 0 Å². The van der Waals surface area contributed by atoms with Crippen LogP contribution in [0.4, 0.5) is 4.79 Å². The average molecular weight is 346 g/mol. The number of urea groups is 1. The minimum Gasteiger partial charge on any atom is -0.352 e. The van der Waals surface area contributed by atoms with E-state index in [9.17, 15) is 9.59 Å². The van der Waals surface area contributed by atoms with Crippen LogP contribution in [0.1, 0.15) is 44.2 Å². The Labute approximate surface area is 150 Å². The molecule has 0 bridgehead atoms. The van der Waals surface area contributed by atoms with Crippen LogP contribution >= 0.6 is 0 Å². The number of carbonyl (C=O) groups is 2. The summed E-state index contributed by atoms with van der Waals surface area (Å²) >= 11 is 0. The molecule has 0 aromatic heterocycles. The lowest BCUT2D eigenvalue weighted by molar-refractivity contribution is -0.127. The van der Waals surface area contributed by atoms with Gasteiger partial charge in [0.1, 0.15) is 5.54 Å². The Bertz CT molecular complexity index is 568. The molecule has 6 heteroatoms. The van der Waals surface area contributed by atoms with E-state index in [2.05, 4.69) is 33.0 Å². The lowest BCUT2D eigenvalue weighted by Gasteiger charge is -2.31. The summed E-state index contributed by atoms with van der Waals surface area (Å²) in [7, 11) is 4.00. The molecule has 25 heavy (non-hydrogen) atoms. The van der Waals surface area contributed by atoms with Crippen LogP contribution in [0.15, 0.2) is 30.3 Å². The van der Waals surface area contributed by atoms with E-state index in [4.69, 9.17) is 0 Å². The van der Waals surface area contributed by atoms with Crippen molar-refractivity contribution < 1.29 is 9.59 Å². The van der Waals surface area contributed by atoms with Crippen LogP contribution in [0.5, 0.6) is 0 Å². The number of amides is 3. The van der Waals surface area contributed by atoms with Crippen molar-refractivity contribution in [2.75, 3.05) is 27.2 Å². The summed E-state index contributed by atoms with van der Waals surface area (Å²) in [4.78, 5) is 27.0. The molecule has 1 aromatic rings. The number of rotatable bonds is 7. The zero-order valence-corrected chi connectivity index (χ0v) is 15.5. The minimum absolute atomic E-state index is 0.0842. The van der Waals surface area contributed by atoms with E-state index >= 15 is 0 Å². The zero-order chi connectivity index (χ0) is 18.3. The van der Waals surface area contributed by atoms with Gasteiger partial charge in [0.25, 0.3) is 0 Å². The fraction of sp³-hybridized carbons (Fsp3) is 0.579. The van der Waals surface area contributed by atoms with Gasteiger partial charge in [0.15, 0.2) is 0 Å². The lowest BCUT2D eigenvalue weighted by Crippen LogP contribution is -2.59. The number of likely N-dealkylation sites (N-methyl/N-ethyl adjacent to an activating group) is 1. The highest BCUT2D eigenvalue weighted by Gasteiger charge is 2.42. The van der Waals surface area contributed by atoms with Crippen molar-refractivity contribution in [3.8, 4) is 0 Å². The van der Waals surface area contributed by atoms with Crippen LogP contribution in [0.2, 0.25) is 0 Å². The van der Waals surface area contributed by atoms with E-state index in [0.29, 0.717) is 25.9 Å². The van der Waals surface area contributed by atoms with Crippen molar-refractivity contribution in [3.05, 3.63) is 35.9 Å². The second-order valence-corrected chi connectivity index (χ2v) is 6.87. The Morgan fingerprint density at radius 3 is 2.32 bits per heavy atom. The highest BCUT2D eigenvalue weighted by Crippen LogP contribution is 2.30. The average Bonchev–Trinajstić information content (AvgIpc) is 3.05. The molecule has 1 aliphatic carbocycles. The van der Waals surface area contributed by atoms with Gasteiger partial charge in [-0.3, -0.25) is 4.79 Å². The molecule has 0 saturated heterocycles. The predicted octanol–water partition coefficient (Wildman–Crippen LogP) is 2.04. The number of nitrogens with one attached hydrogen (secondary N) is 3. The number of carbonyl (C=O) groups excluding carboxylic acids is 2. The molecule has 0 heterocycles. The lowest BCUT2D eigenvalue weighted by atomic mass is 9.96. The van der Waals surface area contributed by atoms with Crippen molar-refractivity contribution in [2.24, 2.45) is 0 Å². The first-order valence-electron chi connectivity index (χ1n) is 9.04. The van der Waals surface area contributed by atoms with E-state index in [0.717, 1.165) is 18.4 Å². The number of benzene rings is 1. The number of nitrogens with zero attached hydrogens (tertiary/aromatic N) is 1. The zero-order valence-electron chi connectivity index (χ0n) is 15.5. The van der Waals surface area contributed by atoms with Crippen LogP contribution in [-0.2, 0) is 4.79 Å². The second-order valence-electron chi connectivity index (χ2n) is 6.87. The highest BCUT2D eigenvalue weighted by molar-refractivity contribution is 5.91. The molecule has 1 aromatic carbocycles. The van der Waals surface area contributed by atoms with E-state index in [-0.39, 0.29) is 18.0 Å². The quantitative estimate of drug-likeness (QED) is 0.707. The van der Waals surface area contributed by atoms with Crippen LogP contribution in [0.25, 0.3) is 0 Å². The third kappa shape index (κ3) is 4.95. The van der Waals surface area contributed by atoms with Crippen molar-refractivity contribution in [3.63, 3.8) is 0 Å². The SMILES string of the molecule is CCNC(=O)NC1(C(=O)NC[C@H](c2ccccc2)N(C)C)CCCC1. The Morgan fingerprint density at radius 1 is 1.12 bits per heavy atom. The van der Waals surface area contributed by atoms with Gasteiger partial charge in [-0.15, -0.1) is 0 Å². The van der Waals surface area contributed by atoms with Crippen molar-refractivity contribution in [1.82, 2.24) is 20.9 Å². The van der Waals surface area contributed by atoms with E-state index < -0.39 is 5.54 Å². The first-order valence-corrected chi connectivity index (χ1v) is 9.04. The minimum atomic E-state index is -0.785. The Morgan fingerprint density at radius 2 is 1.76 bits per heavy atom. The summed E-state index contributed by atoms with van der Waals surface area (Å²) < 4.78 is 0. The molecule has 0 radical (unpaired) electrons. The summed E-state index contributed by atoms with van der Waals surface area (Å²) in [6.07, 6.45) is 3.28. The van der Waals surface area contributed by atoms with Crippen LogP contribution in [0, 0.1) is 0 Å². The van der Waals surface area contributed by atoms with E-state index in [1.165, 1.54) is 0 Å². The van der Waals surface area contributed by atoms with Gasteiger partial charge in [-0.1, -0.05) is 43.2 Å². The Hall–Kier alpha value is -2.08. The van der Waals surface area contributed by atoms with Crippen LogP contribution < -0.4 is 16.0 Å². The van der Waals surface area contributed by atoms with Crippen molar-refractivity contribution >= 4 is 11.9 Å². The molecule has 2 rings (SSSR count). The van der Waals surface area contributed by atoms with Gasteiger partial charge in [0.05, 0.1) is 6.04 Å². The molecule has 138 valence electrons. The predicted molar refractivity (Wildman–Crippen MR) is 99.3 cm³/mol. The van der Waals surface area contributed by atoms with Gasteiger partial charge in [0, 0.05) is 13.1 Å². The van der Waals surface area contributed by atoms with Gasteiger partial charge in [-0.2, -0.15) is 0 Å². The van der Waals surface area contributed by atoms with Gasteiger partial charge < -0.3 is 20.9 Å². The third-order valence-electron chi connectivity index (χ3n) is 4.85. The highest BCUT2D eigenvalue weighted by atomic mass is 16.2. The summed E-state index contributed by atoms with van der Waals surface area (Å²) in [5, 5.41) is 8.70. The second kappa shape index (κ2) is 8.85. The molecule has 0 spiro atoms. The molecule has 1 saturated carbocycles. The van der Waals surface area contributed by atoms with Gasteiger partial charge in [0.2, 0.25) is 5.91 Å².